The average molecular weight is 282 g/mol. The molecule has 2 rings (SSSR count). The molecule has 2 aromatic rings. The van der Waals surface area contributed by atoms with Crippen LogP contribution in [-0.4, -0.2) is 29.0 Å². The fraction of sp³-hybridized carbons (Fsp3) is 0.188. The highest BCUT2D eigenvalue weighted by molar-refractivity contribution is 6.05. The first-order valence-electron chi connectivity index (χ1n) is 6.80. The molecule has 0 fully saturated rings. The van der Waals surface area contributed by atoms with Gasteiger partial charge in [-0.2, -0.15) is 0 Å². The number of carbonyl (C=O) groups is 1. The van der Waals surface area contributed by atoms with Crippen molar-refractivity contribution in [2.75, 3.05) is 23.3 Å². The Kier molecular flexibility index (Phi) is 5.04. The van der Waals surface area contributed by atoms with Crippen LogP contribution in [0.15, 0.2) is 55.4 Å². The predicted octanol–water partition coefficient (Wildman–Crippen LogP) is 2.74. The summed E-state index contributed by atoms with van der Waals surface area (Å²) in [6.07, 6.45) is 3.11. The minimum Gasteiger partial charge on any atom is -0.366 e. The van der Waals surface area contributed by atoms with Crippen molar-refractivity contribution in [3.05, 3.63) is 61.1 Å². The lowest BCUT2D eigenvalue weighted by Crippen LogP contribution is -2.31. The molecule has 0 spiro atoms. The number of nitrogens with one attached hydrogen (secondary N) is 1. The van der Waals surface area contributed by atoms with Crippen LogP contribution in [0.1, 0.15) is 17.4 Å². The van der Waals surface area contributed by atoms with Gasteiger partial charge in [0.2, 0.25) is 0 Å². The molecule has 0 aliphatic heterocycles. The van der Waals surface area contributed by atoms with Crippen molar-refractivity contribution in [2.45, 2.75) is 6.92 Å². The first-order chi connectivity index (χ1) is 10.3. The molecule has 1 heterocycles. The Balaban J connectivity index is 2.23. The first kappa shape index (κ1) is 14.7. The molecule has 0 atom stereocenters. The largest absolute Gasteiger partial charge is 0.366 e. The van der Waals surface area contributed by atoms with Crippen LogP contribution in [0.5, 0.6) is 0 Å². The number of para-hydroxylation sites is 1. The van der Waals surface area contributed by atoms with Crippen molar-refractivity contribution in [1.82, 2.24) is 9.97 Å². The van der Waals surface area contributed by atoms with Crippen LogP contribution in [0.4, 0.5) is 11.5 Å². The Morgan fingerprint density at radius 2 is 2.10 bits per heavy atom. The van der Waals surface area contributed by atoms with Gasteiger partial charge < -0.3 is 10.2 Å². The summed E-state index contributed by atoms with van der Waals surface area (Å²) in [5.74, 6) is 0.463. The summed E-state index contributed by atoms with van der Waals surface area (Å²) in [5.41, 5.74) is 1.21. The van der Waals surface area contributed by atoms with Crippen LogP contribution in [0.3, 0.4) is 0 Å². The van der Waals surface area contributed by atoms with E-state index in [1.165, 1.54) is 6.33 Å². The average Bonchev–Trinajstić information content (AvgIpc) is 2.55. The van der Waals surface area contributed by atoms with E-state index in [-0.39, 0.29) is 5.91 Å². The normalized spacial score (nSPS) is 9.95. The zero-order valence-electron chi connectivity index (χ0n) is 12.0. The molecule has 108 valence electrons. The highest BCUT2D eigenvalue weighted by atomic mass is 16.2. The first-order valence-corrected chi connectivity index (χ1v) is 6.80. The molecule has 1 aromatic heterocycles. The number of amides is 1. The number of nitrogens with zero attached hydrogens (tertiary/aromatic N) is 3. The number of aromatic nitrogens is 2. The summed E-state index contributed by atoms with van der Waals surface area (Å²) in [4.78, 5) is 22.4. The second-order valence-electron chi connectivity index (χ2n) is 4.34. The van der Waals surface area contributed by atoms with E-state index in [1.54, 1.807) is 17.0 Å². The van der Waals surface area contributed by atoms with E-state index in [0.29, 0.717) is 24.6 Å². The molecule has 1 N–H and O–H groups in total. The Labute approximate surface area is 124 Å². The van der Waals surface area contributed by atoms with Crippen LogP contribution in [0.2, 0.25) is 0 Å². The van der Waals surface area contributed by atoms with Gasteiger partial charge in [0.05, 0.1) is 0 Å². The summed E-state index contributed by atoms with van der Waals surface area (Å²) in [6, 6.07) is 11.2. The molecule has 21 heavy (non-hydrogen) atoms. The topological polar surface area (TPSA) is 58.1 Å². The Morgan fingerprint density at radius 3 is 2.76 bits per heavy atom. The van der Waals surface area contributed by atoms with E-state index >= 15 is 0 Å². The van der Waals surface area contributed by atoms with Gasteiger partial charge in [-0.05, 0) is 19.1 Å². The second kappa shape index (κ2) is 7.19. The van der Waals surface area contributed by atoms with E-state index in [9.17, 15) is 4.79 Å². The summed E-state index contributed by atoms with van der Waals surface area (Å²) < 4.78 is 0. The number of hydrogen-bond donors (Lipinski definition) is 1. The third-order valence-corrected chi connectivity index (χ3v) is 2.94. The molecule has 0 bridgehead atoms. The third-order valence-electron chi connectivity index (χ3n) is 2.94. The lowest BCUT2D eigenvalue weighted by Gasteiger charge is -2.20. The zero-order valence-corrected chi connectivity index (χ0v) is 12.0. The maximum atomic E-state index is 12.6. The lowest BCUT2D eigenvalue weighted by atomic mass is 10.2. The van der Waals surface area contributed by atoms with Crippen molar-refractivity contribution >= 4 is 17.4 Å². The summed E-state index contributed by atoms with van der Waals surface area (Å²) >= 11 is 0. The monoisotopic (exact) mass is 282 g/mol. The van der Waals surface area contributed by atoms with Crippen molar-refractivity contribution in [2.24, 2.45) is 0 Å². The number of benzene rings is 1. The van der Waals surface area contributed by atoms with Crippen LogP contribution in [0.25, 0.3) is 0 Å². The minimum absolute atomic E-state index is 0.146. The third kappa shape index (κ3) is 3.66. The SMILES string of the molecule is C=CCNc1cc(C(=O)N(CC)c2ccccc2)ncn1. The lowest BCUT2D eigenvalue weighted by molar-refractivity contribution is 0.0983. The Morgan fingerprint density at radius 1 is 1.33 bits per heavy atom. The Hall–Kier alpha value is -2.69. The van der Waals surface area contributed by atoms with Crippen molar-refractivity contribution in [3.8, 4) is 0 Å². The maximum absolute atomic E-state index is 12.6. The van der Waals surface area contributed by atoms with Gasteiger partial charge in [-0.15, -0.1) is 6.58 Å². The van der Waals surface area contributed by atoms with Crippen molar-refractivity contribution in [1.29, 1.82) is 0 Å². The second-order valence-corrected chi connectivity index (χ2v) is 4.34. The summed E-state index contributed by atoms with van der Waals surface area (Å²) in [6.45, 7) is 6.72. The zero-order chi connectivity index (χ0) is 15.1. The van der Waals surface area contributed by atoms with Gasteiger partial charge in [0.15, 0.2) is 0 Å². The molecular weight excluding hydrogens is 264 g/mol. The van der Waals surface area contributed by atoms with Crippen LogP contribution in [0, 0.1) is 0 Å². The van der Waals surface area contributed by atoms with Crippen LogP contribution in [-0.2, 0) is 0 Å². The fourth-order valence-electron chi connectivity index (χ4n) is 1.94. The molecule has 0 aliphatic rings. The van der Waals surface area contributed by atoms with Gasteiger partial charge in [0, 0.05) is 24.8 Å². The van der Waals surface area contributed by atoms with Gasteiger partial charge in [0.1, 0.15) is 17.8 Å². The molecule has 0 aliphatic carbocycles. The fourth-order valence-corrected chi connectivity index (χ4v) is 1.94. The van der Waals surface area contributed by atoms with E-state index in [2.05, 4.69) is 21.9 Å². The molecular formula is C16H18N4O. The van der Waals surface area contributed by atoms with E-state index in [4.69, 9.17) is 0 Å². The van der Waals surface area contributed by atoms with Gasteiger partial charge in [-0.25, -0.2) is 9.97 Å². The molecule has 1 aromatic carbocycles. The van der Waals surface area contributed by atoms with Crippen LogP contribution >= 0.6 is 0 Å². The summed E-state index contributed by atoms with van der Waals surface area (Å²) in [7, 11) is 0. The van der Waals surface area contributed by atoms with Gasteiger partial charge in [-0.3, -0.25) is 4.79 Å². The van der Waals surface area contributed by atoms with Gasteiger partial charge in [-0.1, -0.05) is 24.3 Å². The highest BCUT2D eigenvalue weighted by Gasteiger charge is 2.17. The number of carbonyl (C=O) groups excluding carboxylic acids is 1. The molecule has 0 saturated carbocycles. The number of anilines is 2. The molecule has 5 heteroatoms. The number of rotatable bonds is 6. The van der Waals surface area contributed by atoms with E-state index < -0.39 is 0 Å². The van der Waals surface area contributed by atoms with E-state index in [0.717, 1.165) is 5.69 Å². The molecule has 1 amide bonds. The predicted molar refractivity (Wildman–Crippen MR) is 84.5 cm³/mol. The number of hydrogen-bond acceptors (Lipinski definition) is 4. The van der Waals surface area contributed by atoms with E-state index in [1.807, 2.05) is 37.3 Å². The van der Waals surface area contributed by atoms with Gasteiger partial charge in [0.25, 0.3) is 5.91 Å². The molecule has 0 unspecified atom stereocenters. The summed E-state index contributed by atoms with van der Waals surface area (Å²) in [5, 5.41) is 3.05. The molecule has 0 saturated heterocycles. The quantitative estimate of drug-likeness (QED) is 0.828. The highest BCUT2D eigenvalue weighted by Crippen LogP contribution is 2.16. The standard InChI is InChI=1S/C16H18N4O/c1-3-10-17-15-11-14(18-12-19-15)16(21)20(4-2)13-8-6-5-7-9-13/h3,5-9,11-12H,1,4,10H2,2H3,(H,17,18,19). The minimum atomic E-state index is -0.146. The van der Waals surface area contributed by atoms with Crippen molar-refractivity contribution in [3.63, 3.8) is 0 Å². The van der Waals surface area contributed by atoms with Crippen molar-refractivity contribution < 1.29 is 4.79 Å². The smallest absolute Gasteiger partial charge is 0.277 e. The van der Waals surface area contributed by atoms with Crippen LogP contribution < -0.4 is 10.2 Å². The maximum Gasteiger partial charge on any atom is 0.277 e. The molecule has 0 radical (unpaired) electrons. The Bertz CT molecular complexity index is 613. The molecule has 5 nitrogen and oxygen atoms in total. The van der Waals surface area contributed by atoms with Gasteiger partial charge >= 0.3 is 0 Å².